The average molecular weight is 375 g/mol. The van der Waals surface area contributed by atoms with Crippen molar-refractivity contribution in [1.29, 1.82) is 0 Å². The van der Waals surface area contributed by atoms with Gasteiger partial charge in [0.2, 0.25) is 11.8 Å². The Bertz CT molecular complexity index is 825. The molecule has 0 aliphatic carbocycles. The Morgan fingerprint density at radius 1 is 1.32 bits per heavy atom. The van der Waals surface area contributed by atoms with Gasteiger partial charge in [0.1, 0.15) is 6.54 Å². The van der Waals surface area contributed by atoms with Crippen molar-refractivity contribution in [2.24, 2.45) is 0 Å². The molecular formula is C19H19ClN2O2S. The van der Waals surface area contributed by atoms with Crippen LogP contribution in [-0.4, -0.2) is 23.6 Å². The zero-order valence-corrected chi connectivity index (χ0v) is 15.7. The minimum Gasteiger partial charge on any atom is -0.324 e. The summed E-state index contributed by atoms with van der Waals surface area (Å²) in [5.74, 6) is -0.287. The summed E-state index contributed by atoms with van der Waals surface area (Å²) < 4.78 is 0. The van der Waals surface area contributed by atoms with Gasteiger partial charge in [-0.1, -0.05) is 36.7 Å². The SMILES string of the molecule is Cc1ccc(NC(=O)CN2C(=O)C[C@@H](C)Sc3ccccc32)cc1Cl. The first-order valence-corrected chi connectivity index (χ1v) is 9.32. The summed E-state index contributed by atoms with van der Waals surface area (Å²) in [7, 11) is 0. The Balaban J connectivity index is 1.79. The molecule has 0 fully saturated rings. The van der Waals surface area contributed by atoms with Gasteiger partial charge in [0.15, 0.2) is 0 Å². The van der Waals surface area contributed by atoms with Crippen LogP contribution in [0.3, 0.4) is 0 Å². The second-order valence-corrected chi connectivity index (χ2v) is 7.98. The molecular weight excluding hydrogens is 356 g/mol. The Labute approximate surface area is 156 Å². The molecule has 0 spiro atoms. The number of fused-ring (bicyclic) bond motifs is 1. The van der Waals surface area contributed by atoms with Crippen LogP contribution in [0.4, 0.5) is 11.4 Å². The Morgan fingerprint density at radius 3 is 2.84 bits per heavy atom. The van der Waals surface area contributed by atoms with Gasteiger partial charge in [-0.2, -0.15) is 0 Å². The van der Waals surface area contributed by atoms with Crippen molar-refractivity contribution in [2.45, 2.75) is 30.4 Å². The predicted octanol–water partition coefficient (Wildman–Crippen LogP) is 4.50. The van der Waals surface area contributed by atoms with Gasteiger partial charge in [0.05, 0.1) is 5.69 Å². The molecule has 0 bridgehead atoms. The summed E-state index contributed by atoms with van der Waals surface area (Å²) in [5.41, 5.74) is 2.36. The van der Waals surface area contributed by atoms with Crippen LogP contribution < -0.4 is 10.2 Å². The van der Waals surface area contributed by atoms with Crippen molar-refractivity contribution in [3.05, 3.63) is 53.1 Å². The Kier molecular flexibility index (Phi) is 5.35. The van der Waals surface area contributed by atoms with E-state index >= 15 is 0 Å². The number of benzene rings is 2. The van der Waals surface area contributed by atoms with Gasteiger partial charge in [-0.05, 0) is 36.8 Å². The molecule has 0 unspecified atom stereocenters. The fourth-order valence-electron chi connectivity index (χ4n) is 2.72. The second kappa shape index (κ2) is 7.50. The number of anilines is 2. The van der Waals surface area contributed by atoms with E-state index in [0.717, 1.165) is 16.1 Å². The molecule has 4 nitrogen and oxygen atoms in total. The highest BCUT2D eigenvalue weighted by Gasteiger charge is 2.27. The van der Waals surface area contributed by atoms with Gasteiger partial charge >= 0.3 is 0 Å². The third-order valence-corrected chi connectivity index (χ3v) is 5.58. The summed E-state index contributed by atoms with van der Waals surface area (Å²) in [5, 5.41) is 3.59. The van der Waals surface area contributed by atoms with Gasteiger partial charge in [0.25, 0.3) is 0 Å². The maximum atomic E-state index is 12.6. The molecule has 3 rings (SSSR count). The smallest absolute Gasteiger partial charge is 0.244 e. The van der Waals surface area contributed by atoms with Crippen LogP contribution in [0.5, 0.6) is 0 Å². The zero-order chi connectivity index (χ0) is 18.0. The molecule has 1 aliphatic rings. The molecule has 1 aliphatic heterocycles. The van der Waals surface area contributed by atoms with Crippen LogP contribution >= 0.6 is 23.4 Å². The van der Waals surface area contributed by atoms with Crippen molar-refractivity contribution in [2.75, 3.05) is 16.8 Å². The molecule has 2 aromatic carbocycles. The number of nitrogens with one attached hydrogen (secondary N) is 1. The number of thioether (sulfide) groups is 1. The first kappa shape index (κ1) is 17.8. The summed E-state index contributed by atoms with van der Waals surface area (Å²) in [6, 6.07) is 13.1. The van der Waals surface area contributed by atoms with Gasteiger partial charge in [-0.15, -0.1) is 11.8 Å². The molecule has 2 amide bonds. The zero-order valence-electron chi connectivity index (χ0n) is 14.1. The molecule has 1 heterocycles. The van der Waals surface area contributed by atoms with Crippen molar-refractivity contribution >= 4 is 46.6 Å². The van der Waals surface area contributed by atoms with Crippen LogP contribution in [0.15, 0.2) is 47.4 Å². The minimum atomic E-state index is -0.248. The van der Waals surface area contributed by atoms with Crippen molar-refractivity contribution in [3.63, 3.8) is 0 Å². The van der Waals surface area contributed by atoms with E-state index < -0.39 is 0 Å². The summed E-state index contributed by atoms with van der Waals surface area (Å²) in [4.78, 5) is 27.6. The van der Waals surface area contributed by atoms with E-state index in [0.29, 0.717) is 17.1 Å². The quantitative estimate of drug-likeness (QED) is 0.860. The van der Waals surface area contributed by atoms with E-state index in [9.17, 15) is 9.59 Å². The fourth-order valence-corrected chi connectivity index (χ4v) is 4.01. The van der Waals surface area contributed by atoms with Crippen LogP contribution in [0, 0.1) is 6.92 Å². The molecule has 2 aromatic rings. The van der Waals surface area contributed by atoms with Gasteiger partial charge in [-0.25, -0.2) is 0 Å². The van der Waals surface area contributed by atoms with E-state index in [-0.39, 0.29) is 23.6 Å². The van der Waals surface area contributed by atoms with E-state index in [1.54, 1.807) is 28.8 Å². The molecule has 1 N–H and O–H groups in total. The number of carbonyl (C=O) groups excluding carboxylic acids is 2. The molecule has 0 saturated heterocycles. The molecule has 25 heavy (non-hydrogen) atoms. The molecule has 1 atom stereocenters. The maximum Gasteiger partial charge on any atom is 0.244 e. The number of hydrogen-bond acceptors (Lipinski definition) is 3. The minimum absolute atomic E-state index is 0.0192. The summed E-state index contributed by atoms with van der Waals surface area (Å²) in [6.07, 6.45) is 0.406. The highest BCUT2D eigenvalue weighted by atomic mass is 35.5. The van der Waals surface area contributed by atoms with Gasteiger partial charge in [0, 0.05) is 27.3 Å². The highest BCUT2D eigenvalue weighted by molar-refractivity contribution is 8.00. The van der Waals surface area contributed by atoms with E-state index in [4.69, 9.17) is 11.6 Å². The second-order valence-electron chi connectivity index (χ2n) is 6.09. The first-order chi connectivity index (χ1) is 11.9. The predicted molar refractivity (Wildman–Crippen MR) is 104 cm³/mol. The van der Waals surface area contributed by atoms with Crippen LogP contribution in [0.25, 0.3) is 0 Å². The molecule has 0 saturated carbocycles. The summed E-state index contributed by atoms with van der Waals surface area (Å²) in [6.45, 7) is 3.91. The lowest BCUT2D eigenvalue weighted by atomic mass is 10.2. The third-order valence-electron chi connectivity index (χ3n) is 4.00. The Hall–Kier alpha value is -1.98. The normalized spacial score (nSPS) is 17.0. The lowest BCUT2D eigenvalue weighted by Crippen LogP contribution is -2.38. The van der Waals surface area contributed by atoms with Gasteiger partial charge in [-0.3, -0.25) is 9.59 Å². The molecule has 130 valence electrons. The van der Waals surface area contributed by atoms with Gasteiger partial charge < -0.3 is 10.2 Å². The topological polar surface area (TPSA) is 49.4 Å². The van der Waals surface area contributed by atoms with E-state index in [1.165, 1.54) is 0 Å². The van der Waals surface area contributed by atoms with E-state index in [1.807, 2.05) is 44.2 Å². The average Bonchev–Trinajstić information content (AvgIpc) is 2.67. The number of para-hydroxylation sites is 1. The van der Waals surface area contributed by atoms with Crippen LogP contribution in [0.2, 0.25) is 5.02 Å². The number of hydrogen-bond donors (Lipinski definition) is 1. The fraction of sp³-hybridized carbons (Fsp3) is 0.263. The monoisotopic (exact) mass is 374 g/mol. The summed E-state index contributed by atoms with van der Waals surface area (Å²) >= 11 is 7.76. The number of amides is 2. The van der Waals surface area contributed by atoms with Crippen molar-refractivity contribution in [1.82, 2.24) is 0 Å². The van der Waals surface area contributed by atoms with Crippen LogP contribution in [-0.2, 0) is 9.59 Å². The lowest BCUT2D eigenvalue weighted by Gasteiger charge is -2.22. The maximum absolute atomic E-state index is 12.6. The molecule has 0 aromatic heterocycles. The number of carbonyl (C=O) groups is 2. The number of nitrogens with zero attached hydrogens (tertiary/aromatic N) is 1. The highest BCUT2D eigenvalue weighted by Crippen LogP contribution is 2.37. The Morgan fingerprint density at radius 2 is 2.08 bits per heavy atom. The van der Waals surface area contributed by atoms with Crippen molar-refractivity contribution in [3.8, 4) is 0 Å². The molecule has 6 heteroatoms. The largest absolute Gasteiger partial charge is 0.324 e. The standard InChI is InChI=1S/C19H19ClN2O2S/c1-12-7-8-14(10-15(12)20)21-18(23)11-22-16-5-3-4-6-17(16)25-13(2)9-19(22)24/h3-8,10,13H,9,11H2,1-2H3,(H,21,23)/t13-/m1/s1. The number of aryl methyl sites for hydroxylation is 1. The van der Waals surface area contributed by atoms with Crippen molar-refractivity contribution < 1.29 is 9.59 Å². The number of halogens is 1. The molecule has 0 radical (unpaired) electrons. The number of rotatable bonds is 3. The third kappa shape index (κ3) is 4.17. The first-order valence-electron chi connectivity index (χ1n) is 8.06. The van der Waals surface area contributed by atoms with E-state index in [2.05, 4.69) is 5.32 Å². The van der Waals surface area contributed by atoms with Crippen LogP contribution in [0.1, 0.15) is 18.9 Å². The lowest BCUT2D eigenvalue weighted by molar-refractivity contribution is -0.121.